The van der Waals surface area contributed by atoms with Gasteiger partial charge in [0.25, 0.3) is 0 Å². The van der Waals surface area contributed by atoms with Crippen LogP contribution in [0.1, 0.15) is 43.4 Å². The topological polar surface area (TPSA) is 98.8 Å². The summed E-state index contributed by atoms with van der Waals surface area (Å²) in [5, 5.41) is 0. The molecule has 1 heterocycles. The standard InChI is InChI=1S/C41H44F5O9P/c1-27-28(2)41(50-22-21-49-20-18-33(47)55-40-37(45)35(43)34(42)36(44)38(40)46)54-32(39(27)51-24-29-12-6-3-7-13-29)19-23-56(48,52-25-30-14-8-4-9-15-30)53-26-31-16-10-5-11-17-31/h3-17,27-28,32,39,41H,18-26H2,1-2H3/t27-,28+,32-,39+,41+/m1/s1. The zero-order valence-electron chi connectivity index (χ0n) is 30.9. The van der Waals surface area contributed by atoms with Crippen molar-refractivity contribution in [3.05, 3.63) is 137 Å². The van der Waals surface area contributed by atoms with Gasteiger partial charge in [-0.05, 0) is 29.0 Å². The van der Waals surface area contributed by atoms with Crippen LogP contribution in [0.3, 0.4) is 0 Å². The van der Waals surface area contributed by atoms with Gasteiger partial charge >= 0.3 is 13.6 Å². The quantitative estimate of drug-likeness (QED) is 0.0165. The summed E-state index contributed by atoms with van der Waals surface area (Å²) in [6.07, 6.45) is -2.00. The molecule has 0 unspecified atom stereocenters. The Balaban J connectivity index is 1.19. The fourth-order valence-electron chi connectivity index (χ4n) is 5.97. The van der Waals surface area contributed by atoms with Gasteiger partial charge in [-0.2, -0.15) is 8.78 Å². The van der Waals surface area contributed by atoms with Crippen LogP contribution in [-0.4, -0.2) is 50.4 Å². The van der Waals surface area contributed by atoms with Gasteiger partial charge in [-0.3, -0.25) is 9.36 Å². The van der Waals surface area contributed by atoms with Gasteiger partial charge in [-0.25, -0.2) is 13.2 Å². The van der Waals surface area contributed by atoms with E-state index in [2.05, 4.69) is 4.74 Å². The van der Waals surface area contributed by atoms with Crippen LogP contribution in [0.4, 0.5) is 22.0 Å². The minimum Gasteiger partial charge on any atom is -0.420 e. The average molecular weight is 807 g/mol. The molecule has 1 aliphatic rings. The van der Waals surface area contributed by atoms with Crippen molar-refractivity contribution < 1.29 is 64.0 Å². The van der Waals surface area contributed by atoms with Gasteiger partial charge in [0.1, 0.15) is 0 Å². The van der Waals surface area contributed by atoms with Gasteiger partial charge in [0.05, 0.1) is 64.4 Å². The summed E-state index contributed by atoms with van der Waals surface area (Å²) in [6.45, 7) is 4.14. The van der Waals surface area contributed by atoms with Crippen LogP contribution >= 0.6 is 7.60 Å². The Labute approximate surface area is 322 Å². The van der Waals surface area contributed by atoms with Crippen molar-refractivity contribution in [3.8, 4) is 5.75 Å². The molecule has 0 aromatic heterocycles. The minimum absolute atomic E-state index is 0.00947. The molecular formula is C41H44F5O9P. The highest BCUT2D eigenvalue weighted by Gasteiger charge is 2.44. The van der Waals surface area contributed by atoms with Crippen molar-refractivity contribution in [1.82, 2.24) is 0 Å². The predicted molar refractivity (Wildman–Crippen MR) is 195 cm³/mol. The molecule has 15 heteroatoms. The van der Waals surface area contributed by atoms with Gasteiger partial charge in [-0.15, -0.1) is 0 Å². The molecule has 1 fully saturated rings. The highest BCUT2D eigenvalue weighted by Crippen LogP contribution is 2.51. The van der Waals surface area contributed by atoms with Crippen molar-refractivity contribution in [2.24, 2.45) is 11.8 Å². The highest BCUT2D eigenvalue weighted by atomic mass is 31.2. The molecule has 0 saturated carbocycles. The maximum absolute atomic E-state index is 14.3. The molecule has 1 aliphatic heterocycles. The first-order valence-corrected chi connectivity index (χ1v) is 19.9. The van der Waals surface area contributed by atoms with E-state index in [1.54, 1.807) is 0 Å². The van der Waals surface area contributed by atoms with Crippen molar-refractivity contribution in [1.29, 1.82) is 0 Å². The largest absolute Gasteiger partial charge is 0.420 e. The molecule has 56 heavy (non-hydrogen) atoms. The number of benzene rings is 4. The molecule has 4 aromatic carbocycles. The number of ether oxygens (including phenoxy) is 5. The Morgan fingerprint density at radius 2 is 1.14 bits per heavy atom. The van der Waals surface area contributed by atoms with Gasteiger partial charge in [0, 0.05) is 5.92 Å². The van der Waals surface area contributed by atoms with Gasteiger partial charge in [0.15, 0.2) is 6.29 Å². The Morgan fingerprint density at radius 1 is 0.643 bits per heavy atom. The van der Waals surface area contributed by atoms with E-state index in [0.29, 0.717) is 6.61 Å². The predicted octanol–water partition coefficient (Wildman–Crippen LogP) is 9.31. The van der Waals surface area contributed by atoms with Crippen LogP contribution in [0.5, 0.6) is 5.75 Å². The fraction of sp³-hybridized carbons (Fsp3) is 0.390. The maximum Gasteiger partial charge on any atom is 0.331 e. The molecule has 1 saturated heterocycles. The second kappa shape index (κ2) is 20.9. The lowest BCUT2D eigenvalue weighted by Crippen LogP contribution is -2.51. The molecule has 5 rings (SSSR count). The lowest BCUT2D eigenvalue weighted by atomic mass is 9.83. The monoisotopic (exact) mass is 806 g/mol. The molecule has 0 N–H and O–H groups in total. The Morgan fingerprint density at radius 3 is 1.68 bits per heavy atom. The fourth-order valence-corrected chi connectivity index (χ4v) is 7.57. The second-order valence-corrected chi connectivity index (χ2v) is 15.5. The average Bonchev–Trinajstić information content (AvgIpc) is 3.22. The third-order valence-corrected chi connectivity index (χ3v) is 11.2. The van der Waals surface area contributed by atoms with Crippen molar-refractivity contribution in [2.75, 3.05) is 26.0 Å². The van der Waals surface area contributed by atoms with Crippen molar-refractivity contribution >= 4 is 13.6 Å². The minimum atomic E-state index is -3.68. The number of esters is 1. The number of halogens is 5. The summed E-state index contributed by atoms with van der Waals surface area (Å²) >= 11 is 0. The number of rotatable bonds is 20. The first-order chi connectivity index (χ1) is 27.0. The molecule has 0 spiro atoms. The van der Waals surface area contributed by atoms with E-state index < -0.39 is 73.3 Å². The van der Waals surface area contributed by atoms with Crippen LogP contribution in [0.15, 0.2) is 91.0 Å². The van der Waals surface area contributed by atoms with Crippen LogP contribution in [0, 0.1) is 40.9 Å². The lowest BCUT2D eigenvalue weighted by Gasteiger charge is -2.44. The first kappa shape index (κ1) is 43.1. The van der Waals surface area contributed by atoms with Crippen LogP contribution in [-0.2, 0) is 57.2 Å². The second-order valence-electron chi connectivity index (χ2n) is 13.3. The number of hydrogen-bond donors (Lipinski definition) is 0. The molecular weight excluding hydrogens is 762 g/mol. The van der Waals surface area contributed by atoms with Crippen LogP contribution in [0.2, 0.25) is 0 Å². The molecule has 0 radical (unpaired) electrons. The molecule has 0 bridgehead atoms. The summed E-state index contributed by atoms with van der Waals surface area (Å²) in [6, 6.07) is 28.4. The molecule has 9 nitrogen and oxygen atoms in total. The molecule has 0 aliphatic carbocycles. The maximum atomic E-state index is 14.3. The van der Waals surface area contributed by atoms with Crippen molar-refractivity contribution in [3.63, 3.8) is 0 Å². The van der Waals surface area contributed by atoms with E-state index in [-0.39, 0.29) is 57.5 Å². The Kier molecular flexibility index (Phi) is 16.1. The van der Waals surface area contributed by atoms with Crippen molar-refractivity contribution in [2.45, 2.75) is 65.0 Å². The van der Waals surface area contributed by atoms with E-state index in [4.69, 9.17) is 28.0 Å². The van der Waals surface area contributed by atoms with Gasteiger partial charge in [-0.1, -0.05) is 105 Å². The highest BCUT2D eigenvalue weighted by molar-refractivity contribution is 7.53. The van der Waals surface area contributed by atoms with Crippen LogP contribution in [0.25, 0.3) is 0 Å². The number of carbonyl (C=O) groups excluding carboxylic acids is 1. The summed E-state index contributed by atoms with van der Waals surface area (Å²) in [4.78, 5) is 12.1. The molecule has 0 amide bonds. The van der Waals surface area contributed by atoms with E-state index in [1.807, 2.05) is 105 Å². The summed E-state index contributed by atoms with van der Waals surface area (Å²) in [5.41, 5.74) is 2.65. The van der Waals surface area contributed by atoms with E-state index in [0.717, 1.165) is 16.7 Å². The van der Waals surface area contributed by atoms with Crippen LogP contribution < -0.4 is 4.74 Å². The SMILES string of the molecule is C[C@@H]1[C@@H](OCCOCCC(=O)Oc2c(F)c(F)c(F)c(F)c2F)O[C@H](CCP(=O)(OCc2ccccc2)OCc2ccccc2)[C@@H](OCc2ccccc2)[C@@H]1C. The first-order valence-electron chi connectivity index (χ1n) is 18.1. The summed E-state index contributed by atoms with van der Waals surface area (Å²) < 4.78 is 123. The summed E-state index contributed by atoms with van der Waals surface area (Å²) in [5.74, 6) is -14.5. The Hall–Kier alpha value is -4.01. The van der Waals surface area contributed by atoms with E-state index in [9.17, 15) is 31.3 Å². The molecule has 5 atom stereocenters. The zero-order valence-corrected chi connectivity index (χ0v) is 31.8. The zero-order chi connectivity index (χ0) is 40.1. The van der Waals surface area contributed by atoms with Gasteiger partial charge in [0.2, 0.25) is 34.8 Å². The van der Waals surface area contributed by atoms with E-state index >= 15 is 0 Å². The third kappa shape index (κ3) is 12.0. The normalized spacial score (nSPS) is 19.9. The lowest BCUT2D eigenvalue weighted by molar-refractivity contribution is -0.274. The third-order valence-electron chi connectivity index (χ3n) is 9.31. The van der Waals surface area contributed by atoms with E-state index in [1.165, 1.54) is 0 Å². The molecule has 4 aromatic rings. The number of hydrogen-bond acceptors (Lipinski definition) is 9. The molecule has 302 valence electrons. The van der Waals surface area contributed by atoms with Gasteiger partial charge < -0.3 is 32.7 Å². The smallest absolute Gasteiger partial charge is 0.331 e. The Bertz CT molecular complexity index is 1810. The number of carbonyl (C=O) groups is 1. The summed E-state index contributed by atoms with van der Waals surface area (Å²) in [7, 11) is -3.68.